The number of hydrogen-bond donors (Lipinski definition) is 8. The second-order valence-corrected chi connectivity index (χ2v) is 34.1. The number of aromatic nitrogens is 29. The Balaban J connectivity index is 0.000000113. The smallest absolute Gasteiger partial charge is 0.165 e. The van der Waals surface area contributed by atoms with Crippen LogP contribution in [-0.4, -0.2) is 215 Å². The van der Waals surface area contributed by atoms with Crippen LogP contribution in [-0.2, 0) is 65.4 Å². The van der Waals surface area contributed by atoms with E-state index in [4.69, 9.17) is 73.3 Å². The molecule has 0 bridgehead atoms. The fraction of sp³-hybridized carbons (Fsp3) is 0.216. The van der Waals surface area contributed by atoms with Crippen LogP contribution in [0.5, 0.6) is 34.5 Å². The van der Waals surface area contributed by atoms with Gasteiger partial charge in [0.25, 0.3) is 0 Å². The van der Waals surface area contributed by atoms with Gasteiger partial charge in [-0.3, -0.25) is 0 Å². The fourth-order valence-corrected chi connectivity index (χ4v) is 17.0. The van der Waals surface area contributed by atoms with Crippen molar-refractivity contribution in [3.8, 4) is 113 Å². The number of anilines is 8. The Kier molecular flexibility index (Phi) is 29.0. The van der Waals surface area contributed by atoms with Crippen molar-refractivity contribution in [2.24, 2.45) is 49.3 Å². The first-order valence-corrected chi connectivity index (χ1v) is 46.6. The molecule has 1 saturated heterocycles. The number of phenolic OH excluding ortho intramolecular Hbond substituents is 1. The van der Waals surface area contributed by atoms with Gasteiger partial charge in [-0.25, -0.2) is 112 Å². The van der Waals surface area contributed by atoms with E-state index in [-0.39, 0.29) is 17.6 Å². The summed E-state index contributed by atoms with van der Waals surface area (Å²) in [6.07, 6.45) is 12.8. The van der Waals surface area contributed by atoms with Gasteiger partial charge in [0.1, 0.15) is 148 Å². The largest absolute Gasteiger partial charge is 0.508 e. The number of hydrogen-bond acceptors (Lipinski definition) is 38. The Hall–Kier alpha value is -19.1. The summed E-state index contributed by atoms with van der Waals surface area (Å²) in [6.45, 7) is 11.3. The zero-order valence-electron chi connectivity index (χ0n) is 82.7. The normalized spacial score (nSPS) is 12.2. The van der Waals surface area contributed by atoms with Crippen molar-refractivity contribution in [2.75, 3.05) is 105 Å². The van der Waals surface area contributed by atoms with E-state index < -0.39 is 5.82 Å². The fourth-order valence-electron chi connectivity index (χ4n) is 17.0. The summed E-state index contributed by atoms with van der Waals surface area (Å²) in [5.41, 5.74) is 59.1. The molecule has 2 aliphatic heterocycles. The molecule has 148 heavy (non-hydrogen) atoms. The van der Waals surface area contributed by atoms with Gasteiger partial charge in [0.2, 0.25) is 0 Å². The lowest BCUT2D eigenvalue weighted by Gasteiger charge is -2.27. The van der Waals surface area contributed by atoms with Gasteiger partial charge < -0.3 is 83.3 Å². The highest BCUT2D eigenvalue weighted by Crippen LogP contribution is 2.42. The van der Waals surface area contributed by atoms with Crippen LogP contribution in [0.4, 0.5) is 50.9 Å². The Bertz CT molecular complexity index is 8610. The van der Waals surface area contributed by atoms with Crippen LogP contribution < -0.4 is 68.7 Å². The van der Waals surface area contributed by atoms with Crippen LogP contribution in [0.15, 0.2) is 208 Å². The monoisotopic (exact) mass is 1990 g/mol. The van der Waals surface area contributed by atoms with Gasteiger partial charge in [0, 0.05) is 121 Å². The lowest BCUT2D eigenvalue weighted by atomic mass is 10.0. The maximum absolute atomic E-state index is 14.0. The van der Waals surface area contributed by atoms with E-state index in [2.05, 4.69) is 115 Å². The van der Waals surface area contributed by atoms with Gasteiger partial charge in [0.05, 0.1) is 90.6 Å². The topological polar surface area (TPSA) is 588 Å². The van der Waals surface area contributed by atoms with Crippen LogP contribution in [0.25, 0.3) is 167 Å². The SMILES string of the molecule is CC(C)Oc1cccc(-c2nn(C)c3ncnc(N)c23)c1.CCOc1ccc(-c2nn(C)c3ncnc(N)c23)cc1F.COCc1cccc(-c2nn(C)c3ncnc(N)c23)c1.COc1cccc(-c2nn(C)c3ncnc(N)c23)c1.Cn1nc(-c2ccc(N3CCOCC3)nc2)c2c(N)ncnc21.Cn1nc(-c2ccc3c(c2)OCCCO3)c2c(N)ncnc21.Cn1nc(-c2ccc3cc(O)ccc3c2)c2c(N)ncnc21. The molecule has 0 spiro atoms. The second-order valence-electron chi connectivity index (χ2n) is 34.1. The van der Waals surface area contributed by atoms with Crippen molar-refractivity contribution in [3.63, 3.8) is 0 Å². The van der Waals surface area contributed by atoms with Crippen molar-refractivity contribution < 1.29 is 42.7 Å². The highest BCUT2D eigenvalue weighted by Gasteiger charge is 2.26. The first-order valence-electron chi connectivity index (χ1n) is 46.6. The quantitative estimate of drug-likeness (QED) is 0.0472. The summed E-state index contributed by atoms with van der Waals surface area (Å²) in [5.74, 6) is 6.90. The number of nitrogen functional groups attached to an aromatic ring is 7. The minimum absolute atomic E-state index is 0.120. The zero-order valence-corrected chi connectivity index (χ0v) is 82.7. The predicted molar refractivity (Wildman–Crippen MR) is 563 cm³/mol. The number of aromatic hydroxyl groups is 1. The highest BCUT2D eigenvalue weighted by atomic mass is 19.1. The molecule has 0 radical (unpaired) electrons. The van der Waals surface area contributed by atoms with Gasteiger partial charge in [-0.15, -0.1) is 0 Å². The minimum atomic E-state index is -0.441. The lowest BCUT2D eigenvalue weighted by Crippen LogP contribution is -2.36. The third-order valence-electron chi connectivity index (χ3n) is 23.9. The number of nitrogens with zero attached hydrogens (tertiary/aromatic N) is 30. The van der Waals surface area contributed by atoms with Crippen LogP contribution in [0, 0.1) is 5.82 Å². The number of phenols is 1. The molecule has 15 N–H and O–H groups in total. The second kappa shape index (κ2) is 43.3. The van der Waals surface area contributed by atoms with Crippen molar-refractivity contribution >= 4 is 135 Å². The Morgan fingerprint density at radius 2 is 0.723 bits per heavy atom. The van der Waals surface area contributed by atoms with Crippen LogP contribution >= 0.6 is 0 Å². The van der Waals surface area contributed by atoms with Crippen LogP contribution in [0.1, 0.15) is 32.8 Å². The van der Waals surface area contributed by atoms with Crippen molar-refractivity contribution in [3.05, 3.63) is 220 Å². The third-order valence-corrected chi connectivity index (χ3v) is 23.9. The molecule has 22 aromatic rings. The van der Waals surface area contributed by atoms with Gasteiger partial charge in [-0.1, -0.05) is 60.7 Å². The number of nitrogens with two attached hydrogens (primary N) is 7. The van der Waals surface area contributed by atoms with E-state index in [1.807, 2.05) is 190 Å². The molecule has 752 valence electrons. The standard InChI is InChI=1S/C16H13N5O.C15H17N7O.C15H15N5O2.C15H17N5O.C14H14FN5O.C14H15N5O.C13H13N5O/c1-21-16-13(15(17)18-8-19-16)14(20-21)11-3-2-10-7-12(22)5-4-9(10)6-11;1-21-15-12(14(16)18-9-19-15)13(20-21)10-2-3-11(17-8-10)22-4-6-23-7-5-22;1-20-15-12(14(16)17-8-18-15)13(19-20)9-3-4-10-11(7-9)22-6-2-5-21-10;1-9(2)21-11-6-4-5-10(7-11)13-12-14(16)17-8-18-15(12)20(3)19-13;1-3-21-10-5-4-8(6-9(10)15)12-11-13(16)17-7-18-14(11)20(2)19-12;1-19-14-11(13(15)16-8-17-14)12(18-19)10-5-3-4-9(6-10)7-20-2;1-18-13-10(12(14)15-7-16-13)11(17-18)8-4-3-5-9(6-8)19-2/h2-8,22H,1H3,(H2,17,18,19);2-3,8-9H,4-7H2,1H3,(H2,16,18,19);3-4,7-8H,2,5-6H2,1H3,(H2,16,17,18);4-9H,1-3H3,(H2,16,17,18);4-7H,3H2,1-2H3,(H2,16,17,18);3-6,8H,7H2,1-2H3,(H2,15,16,17);3-7H,1-2H3,(H2,14,15,16). The number of halogens is 1. The molecule has 46 heteroatoms. The zero-order chi connectivity index (χ0) is 104. The Morgan fingerprint density at radius 1 is 0.365 bits per heavy atom. The van der Waals surface area contributed by atoms with E-state index in [0.29, 0.717) is 118 Å². The van der Waals surface area contributed by atoms with Crippen LogP contribution in [0.3, 0.4) is 0 Å². The minimum Gasteiger partial charge on any atom is -0.508 e. The van der Waals surface area contributed by atoms with Crippen molar-refractivity contribution in [2.45, 2.75) is 39.9 Å². The number of pyridine rings is 1. The van der Waals surface area contributed by atoms with Gasteiger partial charge in [0.15, 0.2) is 62.6 Å². The number of aryl methyl sites for hydroxylation is 7. The summed E-state index contributed by atoms with van der Waals surface area (Å²) in [6, 6.07) is 49.1. The highest BCUT2D eigenvalue weighted by molar-refractivity contribution is 6.05. The first kappa shape index (κ1) is 99.0. The number of rotatable bonds is 15. The van der Waals surface area contributed by atoms with E-state index in [1.165, 1.54) is 50.4 Å². The van der Waals surface area contributed by atoms with Crippen molar-refractivity contribution in [1.82, 2.24) is 143 Å². The van der Waals surface area contributed by atoms with E-state index in [9.17, 15) is 9.50 Å². The number of fused-ring (bicyclic) bond motifs is 9. The molecule has 1 fully saturated rings. The summed E-state index contributed by atoms with van der Waals surface area (Å²) in [7, 11) is 16.1. The molecular weight excluding hydrogens is 1890 g/mol. The molecule has 0 aliphatic carbocycles. The summed E-state index contributed by atoms with van der Waals surface area (Å²) >= 11 is 0. The number of morpholine rings is 1. The Morgan fingerprint density at radius 3 is 1.13 bits per heavy atom. The molecule has 24 rings (SSSR count). The van der Waals surface area contributed by atoms with Crippen LogP contribution in [0.2, 0.25) is 0 Å². The molecule has 15 aromatic heterocycles. The summed E-state index contributed by atoms with van der Waals surface area (Å²) < 4.78 is 63.9. The van der Waals surface area contributed by atoms with Crippen molar-refractivity contribution in [1.29, 1.82) is 0 Å². The third kappa shape index (κ3) is 20.8. The average Bonchev–Trinajstić information content (AvgIpc) is 1.63. The van der Waals surface area contributed by atoms with E-state index in [0.717, 1.165) is 183 Å². The van der Waals surface area contributed by atoms with Gasteiger partial charge in [-0.05, 0) is 134 Å². The molecule has 2 aliphatic rings. The van der Waals surface area contributed by atoms with E-state index >= 15 is 0 Å². The average molecular weight is 2000 g/mol. The molecule has 45 nitrogen and oxygen atoms in total. The lowest BCUT2D eigenvalue weighted by molar-refractivity contribution is 0.122. The predicted octanol–water partition coefficient (Wildman–Crippen LogP) is 13.0. The Labute approximate surface area is 843 Å². The molecule has 0 atom stereocenters. The molecule has 17 heterocycles. The number of methoxy groups -OCH3 is 2. The van der Waals surface area contributed by atoms with Gasteiger partial charge >= 0.3 is 0 Å². The first-order chi connectivity index (χ1) is 71.7. The number of benzene rings is 7. The molecular formula is C102H104FN37O8. The van der Waals surface area contributed by atoms with E-state index in [1.54, 1.807) is 85.2 Å². The summed E-state index contributed by atoms with van der Waals surface area (Å²) in [5, 5.41) is 48.2. The maximum Gasteiger partial charge on any atom is 0.165 e. The molecule has 7 aromatic carbocycles. The molecule has 0 amide bonds. The molecule has 0 saturated carbocycles. The molecule has 0 unspecified atom stereocenters. The maximum atomic E-state index is 14.0. The number of ether oxygens (including phenoxy) is 7. The van der Waals surface area contributed by atoms with Gasteiger partial charge in [-0.2, -0.15) is 35.7 Å². The summed E-state index contributed by atoms with van der Waals surface area (Å²) in [4.78, 5) is 64.6.